The van der Waals surface area contributed by atoms with Crippen molar-refractivity contribution in [3.63, 3.8) is 0 Å². The van der Waals surface area contributed by atoms with Gasteiger partial charge in [0.25, 0.3) is 0 Å². The quantitative estimate of drug-likeness (QED) is 0.314. The minimum atomic E-state index is -4.76. The molecule has 32 heavy (non-hydrogen) atoms. The number of hydrogen-bond acceptors (Lipinski definition) is 3. The van der Waals surface area contributed by atoms with Gasteiger partial charge in [0.15, 0.2) is 5.16 Å². The van der Waals surface area contributed by atoms with E-state index in [0.717, 1.165) is 10.6 Å². The van der Waals surface area contributed by atoms with Crippen LogP contribution in [0.25, 0.3) is 11.3 Å². The number of alkyl halides is 6. The van der Waals surface area contributed by atoms with Crippen LogP contribution in [0.4, 0.5) is 32.0 Å². The molecule has 0 spiro atoms. The normalized spacial score (nSPS) is 12.1. The molecule has 0 saturated heterocycles. The number of halogens is 7. The van der Waals surface area contributed by atoms with Crippen molar-refractivity contribution in [2.24, 2.45) is 0 Å². The Morgan fingerprint density at radius 3 is 2.38 bits per heavy atom. The maximum Gasteiger partial charge on any atom is 0.418 e. The lowest BCUT2D eigenvalue weighted by Crippen LogP contribution is -2.20. The number of rotatable bonds is 6. The Hall–Kier alpha value is -2.66. The maximum absolute atomic E-state index is 13.2. The van der Waals surface area contributed by atoms with Crippen molar-refractivity contribution in [1.29, 1.82) is 0 Å². The van der Waals surface area contributed by atoms with Crippen LogP contribution in [0.15, 0.2) is 59.9 Å². The van der Waals surface area contributed by atoms with Gasteiger partial charge in [0.2, 0.25) is 5.91 Å². The lowest BCUT2D eigenvalue weighted by Gasteiger charge is -2.15. The van der Waals surface area contributed by atoms with Crippen molar-refractivity contribution in [1.82, 2.24) is 9.55 Å². The summed E-state index contributed by atoms with van der Waals surface area (Å²) >= 11 is 6.28. The van der Waals surface area contributed by atoms with Gasteiger partial charge in [0.1, 0.15) is 6.54 Å². The Bertz CT molecular complexity index is 1100. The molecular weight excluding hydrogens is 480 g/mol. The first-order valence-corrected chi connectivity index (χ1v) is 10.3. The first kappa shape index (κ1) is 24.0. The number of carbonyl (C=O) groups is 1. The van der Waals surface area contributed by atoms with E-state index in [-0.39, 0.29) is 15.9 Å². The molecule has 4 nitrogen and oxygen atoms in total. The molecule has 0 bridgehead atoms. The van der Waals surface area contributed by atoms with E-state index in [9.17, 15) is 31.1 Å². The highest BCUT2D eigenvalue weighted by Crippen LogP contribution is 2.37. The number of thioether (sulfide) groups is 1. The lowest BCUT2D eigenvalue weighted by molar-refractivity contribution is -0.141. The molecule has 170 valence electrons. The third kappa shape index (κ3) is 6.19. The summed E-state index contributed by atoms with van der Waals surface area (Å²) in [6.07, 6.45) is -8.05. The van der Waals surface area contributed by atoms with Crippen LogP contribution in [-0.2, 0) is 17.5 Å². The molecule has 3 aromatic rings. The minimum absolute atomic E-state index is 0.0940. The summed E-state index contributed by atoms with van der Waals surface area (Å²) in [5.41, 5.74) is -0.941. The second kappa shape index (κ2) is 9.45. The van der Waals surface area contributed by atoms with Crippen molar-refractivity contribution >= 4 is 35.0 Å². The van der Waals surface area contributed by atoms with Crippen molar-refractivity contribution < 1.29 is 31.1 Å². The molecule has 1 aromatic heterocycles. The zero-order valence-electron chi connectivity index (χ0n) is 16.0. The van der Waals surface area contributed by atoms with Gasteiger partial charge in [-0.05, 0) is 23.8 Å². The van der Waals surface area contributed by atoms with Crippen LogP contribution in [0.1, 0.15) is 5.56 Å². The molecule has 0 atom stereocenters. The molecule has 0 aliphatic carbocycles. The van der Waals surface area contributed by atoms with Gasteiger partial charge in [-0.15, -0.1) is 0 Å². The fourth-order valence-electron chi connectivity index (χ4n) is 2.82. The molecule has 0 radical (unpaired) electrons. The van der Waals surface area contributed by atoms with Crippen LogP contribution >= 0.6 is 23.4 Å². The number of aromatic nitrogens is 2. The van der Waals surface area contributed by atoms with Crippen molar-refractivity contribution in [2.45, 2.75) is 24.1 Å². The number of nitrogens with one attached hydrogen (secondary N) is 1. The van der Waals surface area contributed by atoms with E-state index in [2.05, 4.69) is 10.3 Å². The Morgan fingerprint density at radius 1 is 1.06 bits per heavy atom. The molecule has 0 saturated carbocycles. The van der Waals surface area contributed by atoms with Crippen LogP contribution in [-0.4, -0.2) is 27.4 Å². The average molecular weight is 494 g/mol. The van der Waals surface area contributed by atoms with E-state index < -0.39 is 41.8 Å². The Kier molecular flexibility index (Phi) is 7.09. The second-order valence-electron chi connectivity index (χ2n) is 6.52. The lowest BCUT2D eigenvalue weighted by atomic mass is 10.1. The highest BCUT2D eigenvalue weighted by molar-refractivity contribution is 7.99. The van der Waals surface area contributed by atoms with Crippen LogP contribution in [0.3, 0.4) is 0 Å². The molecular formula is C20H14ClF6N3OS. The van der Waals surface area contributed by atoms with Crippen molar-refractivity contribution in [3.8, 4) is 11.3 Å². The van der Waals surface area contributed by atoms with E-state index in [1.54, 1.807) is 30.3 Å². The van der Waals surface area contributed by atoms with Crippen LogP contribution < -0.4 is 5.32 Å². The summed E-state index contributed by atoms with van der Waals surface area (Å²) in [6, 6.07) is 11.1. The summed E-state index contributed by atoms with van der Waals surface area (Å²) in [6.45, 7) is -1.34. The highest BCUT2D eigenvalue weighted by atomic mass is 35.5. The third-order valence-corrected chi connectivity index (χ3v) is 5.35. The Morgan fingerprint density at radius 2 is 1.75 bits per heavy atom. The molecule has 0 fully saturated rings. The summed E-state index contributed by atoms with van der Waals surface area (Å²) in [5, 5.41) is 1.87. The van der Waals surface area contributed by atoms with E-state index in [1.165, 1.54) is 12.3 Å². The molecule has 1 amide bonds. The summed E-state index contributed by atoms with van der Waals surface area (Å²) in [5.74, 6) is -1.30. The van der Waals surface area contributed by atoms with Gasteiger partial charge in [-0.2, -0.15) is 26.3 Å². The zero-order chi connectivity index (χ0) is 23.5. The fraction of sp³-hybridized carbons (Fsp3) is 0.200. The van der Waals surface area contributed by atoms with Gasteiger partial charge in [-0.25, -0.2) is 4.98 Å². The fourth-order valence-corrected chi connectivity index (χ4v) is 3.77. The molecule has 1 N–H and O–H groups in total. The number of anilines is 1. The predicted molar refractivity (Wildman–Crippen MR) is 110 cm³/mol. The summed E-state index contributed by atoms with van der Waals surface area (Å²) < 4.78 is 79.8. The monoisotopic (exact) mass is 493 g/mol. The van der Waals surface area contributed by atoms with Crippen LogP contribution in [0.2, 0.25) is 5.02 Å². The van der Waals surface area contributed by atoms with E-state index in [4.69, 9.17) is 11.6 Å². The number of hydrogen-bond donors (Lipinski definition) is 1. The number of amides is 1. The molecule has 1 heterocycles. The first-order chi connectivity index (χ1) is 14.9. The van der Waals surface area contributed by atoms with E-state index >= 15 is 0 Å². The third-order valence-electron chi connectivity index (χ3n) is 4.12. The second-order valence-corrected chi connectivity index (χ2v) is 7.90. The van der Waals surface area contributed by atoms with Gasteiger partial charge in [-0.1, -0.05) is 53.7 Å². The zero-order valence-corrected chi connectivity index (χ0v) is 17.5. The molecule has 0 aliphatic rings. The smallest absolute Gasteiger partial charge is 0.325 e. The number of benzene rings is 2. The van der Waals surface area contributed by atoms with E-state index in [1.807, 2.05) is 0 Å². The Labute approximate surface area is 187 Å². The minimum Gasteiger partial charge on any atom is -0.325 e. The molecule has 0 unspecified atom stereocenters. The van der Waals surface area contributed by atoms with Gasteiger partial charge >= 0.3 is 12.4 Å². The number of imidazole rings is 1. The largest absolute Gasteiger partial charge is 0.418 e. The molecule has 0 aliphatic heterocycles. The first-order valence-electron chi connectivity index (χ1n) is 8.91. The van der Waals surface area contributed by atoms with E-state index in [0.29, 0.717) is 23.4 Å². The molecule has 2 aromatic carbocycles. The average Bonchev–Trinajstić information content (AvgIpc) is 3.08. The highest BCUT2D eigenvalue weighted by Gasteiger charge is 2.34. The topological polar surface area (TPSA) is 46.9 Å². The predicted octanol–water partition coefficient (Wildman–Crippen LogP) is 6.52. The number of nitrogens with zero attached hydrogens (tertiary/aromatic N) is 2. The standard InChI is InChI=1S/C20H14ClF6N3OS/c21-13-6-7-15(14(8-13)20(25,26)27)29-17(31)10-32-18-28-9-16(12-4-2-1-3-5-12)30(18)11-19(22,23)24/h1-9H,10-11H2,(H,29,31). The maximum atomic E-state index is 13.2. The summed E-state index contributed by atoms with van der Waals surface area (Å²) in [4.78, 5) is 16.2. The van der Waals surface area contributed by atoms with Gasteiger partial charge in [-0.3, -0.25) is 4.79 Å². The van der Waals surface area contributed by atoms with Gasteiger partial charge < -0.3 is 9.88 Å². The van der Waals surface area contributed by atoms with Crippen LogP contribution in [0, 0.1) is 0 Å². The number of carbonyl (C=O) groups excluding carboxylic acids is 1. The molecule has 3 rings (SSSR count). The van der Waals surface area contributed by atoms with Gasteiger partial charge in [0.05, 0.1) is 28.9 Å². The SMILES string of the molecule is O=C(CSc1ncc(-c2ccccc2)n1CC(F)(F)F)Nc1ccc(Cl)cc1C(F)(F)F. The van der Waals surface area contributed by atoms with Crippen LogP contribution in [0.5, 0.6) is 0 Å². The van der Waals surface area contributed by atoms with Crippen molar-refractivity contribution in [2.75, 3.05) is 11.1 Å². The van der Waals surface area contributed by atoms with Crippen molar-refractivity contribution in [3.05, 3.63) is 65.3 Å². The van der Waals surface area contributed by atoms with Gasteiger partial charge in [0, 0.05) is 5.02 Å². The Balaban J connectivity index is 1.79. The molecule has 12 heteroatoms. The summed E-state index contributed by atoms with van der Waals surface area (Å²) in [7, 11) is 0.